The number of anilines is 1. The average molecular weight is 391 g/mol. The smallest absolute Gasteiger partial charge is 0.241 e. The van der Waals surface area contributed by atoms with Gasteiger partial charge in [0.2, 0.25) is 10.0 Å². The first-order chi connectivity index (χ1) is 12.8. The summed E-state index contributed by atoms with van der Waals surface area (Å²) in [5.41, 5.74) is 11.4. The number of nitrogens with two attached hydrogens (primary N) is 2. The second-order valence-electron chi connectivity index (χ2n) is 6.34. The van der Waals surface area contributed by atoms with Crippen molar-refractivity contribution in [3.63, 3.8) is 0 Å². The van der Waals surface area contributed by atoms with Gasteiger partial charge in [0.05, 0.1) is 10.9 Å². The standard InChI is InChI=1S/C18H25N5O3S/c1-23(2)16-9-3-8-15-14(16)7-4-10-17(15)27(25,26)22-13(12-24)6-5-11-21-18(19)20/h3-4,7-10,12-13,22H,5-6,11H2,1-2H3,(H4,19,20,21). The molecule has 1 unspecified atom stereocenters. The van der Waals surface area contributed by atoms with Crippen molar-refractivity contribution >= 4 is 38.7 Å². The average Bonchev–Trinajstić information content (AvgIpc) is 2.62. The van der Waals surface area contributed by atoms with E-state index in [-0.39, 0.29) is 10.9 Å². The molecule has 0 radical (unpaired) electrons. The van der Waals surface area contributed by atoms with E-state index in [1.807, 2.05) is 37.2 Å². The van der Waals surface area contributed by atoms with Crippen molar-refractivity contribution in [3.05, 3.63) is 36.4 Å². The quantitative estimate of drug-likeness (QED) is 0.251. The van der Waals surface area contributed by atoms with Gasteiger partial charge in [-0.2, -0.15) is 0 Å². The van der Waals surface area contributed by atoms with Crippen molar-refractivity contribution in [2.75, 3.05) is 25.5 Å². The lowest BCUT2D eigenvalue weighted by Crippen LogP contribution is -2.36. The Morgan fingerprint density at radius 2 is 1.85 bits per heavy atom. The minimum absolute atomic E-state index is 0.0364. The third-order valence-corrected chi connectivity index (χ3v) is 5.62. The molecule has 0 aliphatic rings. The Labute approximate surface area is 159 Å². The minimum Gasteiger partial charge on any atom is -0.377 e. The van der Waals surface area contributed by atoms with E-state index >= 15 is 0 Å². The zero-order chi connectivity index (χ0) is 20.0. The molecule has 0 aliphatic carbocycles. The molecule has 0 fully saturated rings. The topological polar surface area (TPSA) is 131 Å². The molecule has 0 spiro atoms. The second-order valence-corrected chi connectivity index (χ2v) is 8.02. The monoisotopic (exact) mass is 391 g/mol. The van der Waals surface area contributed by atoms with Crippen LogP contribution < -0.4 is 21.1 Å². The minimum atomic E-state index is -3.88. The van der Waals surface area contributed by atoms with Gasteiger partial charge in [0, 0.05) is 37.1 Å². The maximum Gasteiger partial charge on any atom is 0.241 e. The summed E-state index contributed by atoms with van der Waals surface area (Å²) in [6, 6.07) is 9.73. The summed E-state index contributed by atoms with van der Waals surface area (Å²) < 4.78 is 28.2. The van der Waals surface area contributed by atoms with Crippen LogP contribution in [0.1, 0.15) is 12.8 Å². The molecule has 0 amide bonds. The summed E-state index contributed by atoms with van der Waals surface area (Å²) in [7, 11) is -0.0870. The highest BCUT2D eigenvalue weighted by molar-refractivity contribution is 7.89. The van der Waals surface area contributed by atoms with Crippen LogP contribution >= 0.6 is 0 Å². The number of carbonyl (C=O) groups excluding carboxylic acids is 1. The molecular weight excluding hydrogens is 366 g/mol. The van der Waals surface area contributed by atoms with Crippen molar-refractivity contribution in [1.29, 1.82) is 0 Å². The van der Waals surface area contributed by atoms with Crippen LogP contribution in [-0.2, 0) is 14.8 Å². The zero-order valence-corrected chi connectivity index (χ0v) is 16.2. The number of aliphatic imine (C=N–C) groups is 1. The molecule has 2 aromatic carbocycles. The summed E-state index contributed by atoms with van der Waals surface area (Å²) in [5, 5.41) is 1.42. The van der Waals surface area contributed by atoms with E-state index < -0.39 is 16.1 Å². The number of carbonyl (C=O) groups is 1. The number of guanidine groups is 1. The molecule has 0 saturated carbocycles. The molecule has 1 atom stereocenters. The van der Waals surface area contributed by atoms with E-state index in [0.29, 0.717) is 31.1 Å². The third kappa shape index (κ3) is 5.18. The molecule has 0 heterocycles. The molecule has 0 bridgehead atoms. The van der Waals surface area contributed by atoms with Gasteiger partial charge < -0.3 is 21.2 Å². The summed E-state index contributed by atoms with van der Waals surface area (Å²) in [6.07, 6.45) is 1.36. The van der Waals surface area contributed by atoms with Gasteiger partial charge in [0.15, 0.2) is 5.96 Å². The Morgan fingerprint density at radius 3 is 2.48 bits per heavy atom. The van der Waals surface area contributed by atoms with Crippen LogP contribution in [0.3, 0.4) is 0 Å². The van der Waals surface area contributed by atoms with Gasteiger partial charge in [0.25, 0.3) is 0 Å². The Kier molecular flexibility index (Phi) is 6.75. The molecule has 2 aromatic rings. The molecule has 0 aromatic heterocycles. The number of rotatable bonds is 9. The molecule has 0 aliphatic heterocycles. The molecule has 2 rings (SSSR count). The normalized spacial score (nSPS) is 12.5. The fourth-order valence-corrected chi connectivity index (χ4v) is 4.25. The number of hydrogen-bond donors (Lipinski definition) is 3. The zero-order valence-electron chi connectivity index (χ0n) is 15.4. The van der Waals surface area contributed by atoms with Crippen LogP contribution in [0.4, 0.5) is 5.69 Å². The first-order valence-corrected chi connectivity index (χ1v) is 9.96. The highest BCUT2D eigenvalue weighted by Gasteiger charge is 2.22. The second kappa shape index (κ2) is 8.83. The van der Waals surface area contributed by atoms with E-state index in [1.165, 1.54) is 6.07 Å². The van der Waals surface area contributed by atoms with E-state index in [9.17, 15) is 13.2 Å². The molecule has 9 heteroatoms. The van der Waals surface area contributed by atoms with Crippen LogP contribution in [-0.4, -0.2) is 47.3 Å². The number of nitrogens with zero attached hydrogens (tertiary/aromatic N) is 2. The lowest BCUT2D eigenvalue weighted by atomic mass is 10.1. The molecule has 8 nitrogen and oxygen atoms in total. The van der Waals surface area contributed by atoms with Crippen LogP contribution in [0, 0.1) is 0 Å². The first kappa shape index (κ1) is 20.7. The van der Waals surface area contributed by atoms with E-state index in [2.05, 4.69) is 9.71 Å². The van der Waals surface area contributed by atoms with Gasteiger partial charge in [-0.15, -0.1) is 0 Å². The Bertz CT molecular complexity index is 937. The lowest BCUT2D eigenvalue weighted by molar-refractivity contribution is -0.109. The first-order valence-electron chi connectivity index (χ1n) is 8.48. The number of hydrogen-bond acceptors (Lipinski definition) is 5. The van der Waals surface area contributed by atoms with Gasteiger partial charge in [0.1, 0.15) is 6.29 Å². The van der Waals surface area contributed by atoms with Gasteiger partial charge in [-0.3, -0.25) is 4.99 Å². The van der Waals surface area contributed by atoms with Crippen molar-refractivity contribution in [3.8, 4) is 0 Å². The number of fused-ring (bicyclic) bond motifs is 1. The van der Waals surface area contributed by atoms with Gasteiger partial charge in [-0.25, -0.2) is 13.1 Å². The van der Waals surface area contributed by atoms with Gasteiger partial charge in [-0.1, -0.05) is 24.3 Å². The SMILES string of the molecule is CN(C)c1cccc2c(S(=O)(=O)NC(C=O)CCCN=C(N)N)cccc12. The molecule has 146 valence electrons. The maximum atomic E-state index is 12.9. The molecule has 27 heavy (non-hydrogen) atoms. The number of benzene rings is 2. The van der Waals surface area contributed by atoms with Crippen molar-refractivity contribution in [2.45, 2.75) is 23.8 Å². The van der Waals surface area contributed by atoms with Crippen LogP contribution in [0.5, 0.6) is 0 Å². The van der Waals surface area contributed by atoms with Crippen molar-refractivity contribution in [2.24, 2.45) is 16.5 Å². The van der Waals surface area contributed by atoms with Gasteiger partial charge >= 0.3 is 0 Å². The largest absolute Gasteiger partial charge is 0.377 e. The summed E-state index contributed by atoms with van der Waals surface area (Å²) in [6.45, 7) is 0.328. The van der Waals surface area contributed by atoms with Crippen LogP contribution in [0.25, 0.3) is 10.8 Å². The van der Waals surface area contributed by atoms with E-state index in [4.69, 9.17) is 11.5 Å². The summed E-state index contributed by atoms with van der Waals surface area (Å²) in [5.74, 6) is -0.0364. The van der Waals surface area contributed by atoms with E-state index in [1.54, 1.807) is 12.1 Å². The summed E-state index contributed by atoms with van der Waals surface area (Å²) in [4.78, 5) is 17.2. The fraction of sp³-hybridized carbons (Fsp3) is 0.333. The van der Waals surface area contributed by atoms with Crippen molar-refractivity contribution < 1.29 is 13.2 Å². The van der Waals surface area contributed by atoms with Gasteiger partial charge in [-0.05, 0) is 25.0 Å². The highest BCUT2D eigenvalue weighted by Crippen LogP contribution is 2.30. The number of nitrogens with one attached hydrogen (secondary N) is 1. The Hall–Kier alpha value is -2.65. The molecular formula is C18H25N5O3S. The summed E-state index contributed by atoms with van der Waals surface area (Å²) >= 11 is 0. The lowest BCUT2D eigenvalue weighted by Gasteiger charge is -2.18. The maximum absolute atomic E-state index is 12.9. The fourth-order valence-electron chi connectivity index (χ4n) is 2.83. The third-order valence-electron chi connectivity index (χ3n) is 4.07. The number of aldehydes is 1. The van der Waals surface area contributed by atoms with E-state index in [0.717, 1.165) is 11.1 Å². The van der Waals surface area contributed by atoms with Crippen LogP contribution in [0.2, 0.25) is 0 Å². The Balaban J connectivity index is 2.29. The predicted molar refractivity (Wildman–Crippen MR) is 108 cm³/mol. The van der Waals surface area contributed by atoms with Crippen LogP contribution in [0.15, 0.2) is 46.3 Å². The molecule has 0 saturated heterocycles. The number of sulfonamides is 1. The van der Waals surface area contributed by atoms with Crippen molar-refractivity contribution in [1.82, 2.24) is 4.72 Å². The Morgan fingerprint density at radius 1 is 1.19 bits per heavy atom. The highest BCUT2D eigenvalue weighted by atomic mass is 32.2. The predicted octanol–water partition coefficient (Wildman–Crippen LogP) is 0.805. The molecule has 5 N–H and O–H groups in total.